The fourth-order valence-electron chi connectivity index (χ4n) is 4.43. The zero-order valence-corrected chi connectivity index (χ0v) is 19.4. The molecule has 0 amide bonds. The van der Waals surface area contributed by atoms with Crippen LogP contribution in [0.5, 0.6) is 0 Å². The van der Waals surface area contributed by atoms with E-state index in [9.17, 15) is 18.7 Å². The number of aliphatic carboxylic acids is 1. The molecule has 0 aliphatic rings. The molecule has 0 aliphatic heterocycles. The van der Waals surface area contributed by atoms with Crippen molar-refractivity contribution in [3.8, 4) is 11.1 Å². The van der Waals surface area contributed by atoms with Crippen molar-refractivity contribution in [3.63, 3.8) is 0 Å². The molecule has 1 unspecified atom stereocenters. The first-order chi connectivity index (χ1) is 16.9. The smallest absolute Gasteiger partial charge is 0.305 e. The van der Waals surface area contributed by atoms with Crippen molar-refractivity contribution in [1.29, 1.82) is 0 Å². The largest absolute Gasteiger partial charge is 0.481 e. The molecule has 4 aromatic rings. The van der Waals surface area contributed by atoms with Gasteiger partial charge in [0.05, 0.1) is 6.42 Å². The molecule has 0 fully saturated rings. The fourth-order valence-corrected chi connectivity index (χ4v) is 4.43. The van der Waals surface area contributed by atoms with Crippen molar-refractivity contribution in [1.82, 2.24) is 4.90 Å². The number of rotatable bonds is 9. The van der Waals surface area contributed by atoms with Crippen LogP contribution in [0.2, 0.25) is 0 Å². The van der Waals surface area contributed by atoms with Gasteiger partial charge in [-0.3, -0.25) is 9.69 Å². The highest BCUT2D eigenvalue weighted by atomic mass is 19.1. The monoisotopic (exact) mass is 471 g/mol. The highest BCUT2D eigenvalue weighted by molar-refractivity contribution is 5.68. The summed E-state index contributed by atoms with van der Waals surface area (Å²) < 4.78 is 27.6. The molecule has 4 rings (SSSR count). The van der Waals surface area contributed by atoms with E-state index >= 15 is 0 Å². The third-order valence-electron chi connectivity index (χ3n) is 6.29. The number of carbonyl (C=O) groups is 1. The maximum absolute atomic E-state index is 14.3. The fraction of sp³-hybridized carbons (Fsp3) is 0.167. The molecule has 178 valence electrons. The Labute approximate surface area is 204 Å². The summed E-state index contributed by atoms with van der Waals surface area (Å²) in [5, 5.41) is 9.80. The summed E-state index contributed by atoms with van der Waals surface area (Å²) in [6.07, 6.45) is -0.0890. The molecule has 0 saturated heterocycles. The van der Waals surface area contributed by atoms with E-state index in [2.05, 4.69) is 11.8 Å². The molecule has 1 N–H and O–H groups in total. The van der Waals surface area contributed by atoms with Gasteiger partial charge in [0.2, 0.25) is 0 Å². The Morgan fingerprint density at radius 3 is 2.06 bits per heavy atom. The number of hydrogen-bond acceptors (Lipinski definition) is 2. The van der Waals surface area contributed by atoms with E-state index in [4.69, 9.17) is 0 Å². The highest BCUT2D eigenvalue weighted by Gasteiger charge is 2.28. The van der Waals surface area contributed by atoms with E-state index in [1.165, 1.54) is 12.1 Å². The standard InChI is InChI=1S/C30H27F2NO2/c1-21(23-10-6-3-7-11-23)33(20-22-8-4-2-5-9-22)29(19-30(34)35)25-14-12-24(13-15-25)27-17-16-26(31)18-28(27)32/h2-18,21,29H,19-20H2,1H3,(H,34,35)/t21-,29?/m1/s1. The van der Waals surface area contributed by atoms with Crippen LogP contribution in [0.15, 0.2) is 103 Å². The van der Waals surface area contributed by atoms with Gasteiger partial charge in [-0.1, -0.05) is 84.9 Å². The average molecular weight is 472 g/mol. The second-order valence-corrected chi connectivity index (χ2v) is 8.60. The predicted molar refractivity (Wildman–Crippen MR) is 134 cm³/mol. The summed E-state index contributed by atoms with van der Waals surface area (Å²) in [7, 11) is 0. The summed E-state index contributed by atoms with van der Waals surface area (Å²) in [4.78, 5) is 14.1. The van der Waals surface area contributed by atoms with Crippen molar-refractivity contribution in [2.75, 3.05) is 0 Å². The number of benzene rings is 4. The zero-order chi connectivity index (χ0) is 24.8. The van der Waals surface area contributed by atoms with E-state index in [-0.39, 0.29) is 12.5 Å². The lowest BCUT2D eigenvalue weighted by Gasteiger charge is -2.37. The maximum Gasteiger partial charge on any atom is 0.305 e. The number of hydrogen-bond donors (Lipinski definition) is 1. The van der Waals surface area contributed by atoms with Gasteiger partial charge in [0.25, 0.3) is 0 Å². The van der Waals surface area contributed by atoms with E-state index in [1.54, 1.807) is 12.1 Å². The number of carboxylic acids is 1. The lowest BCUT2D eigenvalue weighted by atomic mass is 9.94. The molecule has 2 atom stereocenters. The van der Waals surface area contributed by atoms with Gasteiger partial charge in [0.1, 0.15) is 11.6 Å². The van der Waals surface area contributed by atoms with Crippen LogP contribution in [0.4, 0.5) is 8.78 Å². The molecule has 0 radical (unpaired) electrons. The van der Waals surface area contributed by atoms with Gasteiger partial charge in [-0.15, -0.1) is 0 Å². The van der Waals surface area contributed by atoms with E-state index in [1.807, 2.05) is 72.8 Å². The second-order valence-electron chi connectivity index (χ2n) is 8.60. The van der Waals surface area contributed by atoms with Gasteiger partial charge >= 0.3 is 5.97 Å². The van der Waals surface area contributed by atoms with Crippen LogP contribution in [0, 0.1) is 11.6 Å². The van der Waals surface area contributed by atoms with Crippen LogP contribution in [0.3, 0.4) is 0 Å². The topological polar surface area (TPSA) is 40.5 Å². The molecule has 5 heteroatoms. The predicted octanol–water partition coefficient (Wildman–Crippen LogP) is 7.41. The van der Waals surface area contributed by atoms with Crippen LogP contribution in [0.1, 0.15) is 42.1 Å². The Kier molecular flexibility index (Phi) is 7.68. The quantitative estimate of drug-likeness (QED) is 0.276. The van der Waals surface area contributed by atoms with E-state index < -0.39 is 23.6 Å². The SMILES string of the molecule is C[C@H](c1ccccc1)N(Cc1ccccc1)C(CC(=O)O)c1ccc(-c2ccc(F)cc2F)cc1. The lowest BCUT2D eigenvalue weighted by Crippen LogP contribution is -2.32. The van der Waals surface area contributed by atoms with E-state index in [0.29, 0.717) is 17.7 Å². The van der Waals surface area contributed by atoms with Crippen LogP contribution >= 0.6 is 0 Å². The number of halogens is 2. The molecule has 3 nitrogen and oxygen atoms in total. The van der Waals surface area contributed by atoms with Crippen LogP contribution < -0.4 is 0 Å². The summed E-state index contributed by atoms with van der Waals surface area (Å²) in [5.74, 6) is -2.17. The Morgan fingerprint density at radius 1 is 0.829 bits per heavy atom. The molecular formula is C30H27F2NO2. The Morgan fingerprint density at radius 2 is 1.46 bits per heavy atom. The van der Waals surface area contributed by atoms with Gasteiger partial charge in [0.15, 0.2) is 0 Å². The summed E-state index contributed by atoms with van der Waals surface area (Å²) >= 11 is 0. The first-order valence-electron chi connectivity index (χ1n) is 11.5. The third kappa shape index (κ3) is 6.00. The number of carboxylic acid groups (broad SMARTS) is 1. The molecule has 0 spiro atoms. The Balaban J connectivity index is 1.72. The molecule has 0 bridgehead atoms. The molecule has 35 heavy (non-hydrogen) atoms. The van der Waals surface area contributed by atoms with Crippen LogP contribution in [0.25, 0.3) is 11.1 Å². The van der Waals surface area contributed by atoms with Crippen LogP contribution in [-0.4, -0.2) is 16.0 Å². The molecule has 0 saturated carbocycles. The molecular weight excluding hydrogens is 444 g/mol. The Bertz CT molecular complexity index is 1260. The van der Waals surface area contributed by atoms with Gasteiger partial charge in [-0.25, -0.2) is 8.78 Å². The average Bonchev–Trinajstić information content (AvgIpc) is 2.87. The van der Waals surface area contributed by atoms with E-state index in [0.717, 1.165) is 22.8 Å². The van der Waals surface area contributed by atoms with Gasteiger partial charge in [-0.2, -0.15) is 0 Å². The first-order valence-corrected chi connectivity index (χ1v) is 11.5. The third-order valence-corrected chi connectivity index (χ3v) is 6.29. The molecule has 0 aromatic heterocycles. The molecule has 0 heterocycles. The minimum absolute atomic E-state index is 0.0602. The normalized spacial score (nSPS) is 12.9. The van der Waals surface area contributed by atoms with Crippen molar-refractivity contribution in [2.45, 2.75) is 32.0 Å². The maximum atomic E-state index is 14.3. The minimum atomic E-state index is -0.901. The van der Waals surface area contributed by atoms with Crippen molar-refractivity contribution in [3.05, 3.63) is 131 Å². The van der Waals surface area contributed by atoms with Crippen LogP contribution in [-0.2, 0) is 11.3 Å². The zero-order valence-electron chi connectivity index (χ0n) is 19.4. The minimum Gasteiger partial charge on any atom is -0.481 e. The first kappa shape index (κ1) is 24.3. The summed E-state index contributed by atoms with van der Waals surface area (Å²) in [5.41, 5.74) is 3.88. The second kappa shape index (κ2) is 11.1. The summed E-state index contributed by atoms with van der Waals surface area (Å²) in [6, 6.07) is 30.2. The van der Waals surface area contributed by atoms with Crippen molar-refractivity contribution < 1.29 is 18.7 Å². The number of nitrogens with zero attached hydrogens (tertiary/aromatic N) is 1. The van der Waals surface area contributed by atoms with Gasteiger partial charge < -0.3 is 5.11 Å². The molecule has 4 aromatic carbocycles. The summed E-state index contributed by atoms with van der Waals surface area (Å²) in [6.45, 7) is 2.64. The van der Waals surface area contributed by atoms with Crippen molar-refractivity contribution in [2.24, 2.45) is 0 Å². The lowest BCUT2D eigenvalue weighted by molar-refractivity contribution is -0.138. The Hall–Kier alpha value is -3.83. The van der Waals surface area contributed by atoms with Gasteiger partial charge in [0, 0.05) is 30.3 Å². The van der Waals surface area contributed by atoms with Crippen molar-refractivity contribution >= 4 is 5.97 Å². The molecule has 0 aliphatic carbocycles. The van der Waals surface area contributed by atoms with Gasteiger partial charge in [-0.05, 0) is 41.3 Å². The highest BCUT2D eigenvalue weighted by Crippen LogP contribution is 2.35.